The van der Waals surface area contributed by atoms with Crippen LogP contribution in [0.2, 0.25) is 0 Å². The maximum atomic E-state index is 11.2. The summed E-state index contributed by atoms with van der Waals surface area (Å²) in [7, 11) is 0. The van der Waals surface area contributed by atoms with E-state index < -0.39 is 0 Å². The predicted octanol–water partition coefficient (Wildman–Crippen LogP) is 1.97. The summed E-state index contributed by atoms with van der Waals surface area (Å²) in [6.07, 6.45) is 1.79. The molecule has 0 radical (unpaired) electrons. The lowest BCUT2D eigenvalue weighted by Gasteiger charge is -2.23. The summed E-state index contributed by atoms with van der Waals surface area (Å²) in [4.78, 5) is 13.8. The van der Waals surface area contributed by atoms with Crippen molar-refractivity contribution in [3.63, 3.8) is 0 Å². The van der Waals surface area contributed by atoms with Crippen LogP contribution < -0.4 is 5.56 Å². The molecule has 1 aromatic heterocycles. The molecule has 0 bridgehead atoms. The van der Waals surface area contributed by atoms with Gasteiger partial charge >= 0.3 is 0 Å². The van der Waals surface area contributed by atoms with Crippen LogP contribution in [-0.4, -0.2) is 9.55 Å². The Hall–Kier alpha value is -0.900. The fourth-order valence-corrected chi connectivity index (χ4v) is 1.48. The number of hydrogen-bond acceptors (Lipinski definition) is 2. The molecule has 0 amide bonds. The van der Waals surface area contributed by atoms with Crippen LogP contribution in [0.3, 0.4) is 0 Å². The lowest BCUT2D eigenvalue weighted by molar-refractivity contribution is 0.382. The van der Waals surface area contributed by atoms with Gasteiger partial charge in [-0.3, -0.25) is 9.78 Å². The summed E-state index contributed by atoms with van der Waals surface area (Å²) in [6, 6.07) is 0. The Morgan fingerprint density at radius 2 is 2.00 bits per heavy atom. The van der Waals surface area contributed by atoms with Crippen molar-refractivity contribution in [3.05, 3.63) is 26.9 Å². The Morgan fingerprint density at radius 1 is 1.46 bits per heavy atom. The number of rotatable bonds is 0. The van der Waals surface area contributed by atoms with Crippen LogP contribution in [0.5, 0.6) is 0 Å². The van der Waals surface area contributed by atoms with E-state index in [1.54, 1.807) is 13.1 Å². The lowest BCUT2D eigenvalue weighted by Crippen LogP contribution is -2.27. The topological polar surface area (TPSA) is 37.8 Å². The van der Waals surface area contributed by atoms with Crippen LogP contribution in [0.15, 0.2) is 11.0 Å². The van der Waals surface area contributed by atoms with Crippen molar-refractivity contribution in [3.8, 4) is 0 Å². The van der Waals surface area contributed by atoms with Crippen LogP contribution in [0.1, 0.15) is 26.3 Å². The molecule has 3 nitrogen and oxygen atoms in total. The lowest BCUT2D eigenvalue weighted by atomic mass is 10.1. The highest BCUT2D eigenvalue weighted by Crippen LogP contribution is 2.12. The second-order valence-corrected chi connectivity index (χ2v) is 4.50. The molecule has 0 saturated heterocycles. The van der Waals surface area contributed by atoms with Crippen LogP contribution in [0.4, 0.5) is 0 Å². The van der Waals surface area contributed by atoms with E-state index >= 15 is 0 Å². The van der Waals surface area contributed by atoms with Gasteiger partial charge in [-0.25, -0.2) is 0 Å². The van der Waals surface area contributed by atoms with E-state index in [0.717, 1.165) is 0 Å². The van der Waals surface area contributed by atoms with E-state index in [4.69, 9.17) is 12.2 Å². The zero-order valence-corrected chi connectivity index (χ0v) is 9.16. The van der Waals surface area contributed by atoms with E-state index in [1.807, 2.05) is 25.3 Å². The van der Waals surface area contributed by atoms with E-state index in [2.05, 4.69) is 4.98 Å². The zero-order chi connectivity index (χ0) is 10.2. The van der Waals surface area contributed by atoms with Crippen LogP contribution in [-0.2, 0) is 5.54 Å². The molecule has 0 aliphatic heterocycles. The first-order valence-corrected chi connectivity index (χ1v) is 4.56. The summed E-state index contributed by atoms with van der Waals surface area (Å²) < 4.78 is 2.36. The molecule has 1 aromatic rings. The third kappa shape index (κ3) is 2.06. The molecule has 0 saturated carbocycles. The Morgan fingerprint density at radius 3 is 2.46 bits per heavy atom. The summed E-state index contributed by atoms with van der Waals surface area (Å²) >= 11 is 5.05. The molecule has 0 fully saturated rings. The van der Waals surface area contributed by atoms with Gasteiger partial charge in [-0.05, 0) is 39.9 Å². The van der Waals surface area contributed by atoms with Gasteiger partial charge in [-0.15, -0.1) is 0 Å². The molecule has 0 aliphatic carbocycles. The molecule has 13 heavy (non-hydrogen) atoms. The zero-order valence-electron chi connectivity index (χ0n) is 8.34. The molecule has 0 atom stereocenters. The molecule has 0 aromatic carbocycles. The molecule has 1 heterocycles. The number of aromatic amines is 1. The summed E-state index contributed by atoms with van der Waals surface area (Å²) in [5.74, 6) is 0. The number of nitrogens with zero attached hydrogens (tertiary/aromatic N) is 1. The highest BCUT2D eigenvalue weighted by Gasteiger charge is 2.13. The number of aryl methyl sites for hydroxylation is 1. The van der Waals surface area contributed by atoms with Gasteiger partial charge in [0.1, 0.15) is 0 Å². The standard InChI is InChI=1S/C9H14N2OS/c1-6-5-11(9(2,3)4)8(13)10-7(6)12/h5H,1-4H3,(H,10,12,13). The van der Waals surface area contributed by atoms with Gasteiger partial charge in [0.05, 0.1) is 0 Å². The maximum absolute atomic E-state index is 11.2. The molecular weight excluding hydrogens is 184 g/mol. The minimum absolute atomic E-state index is 0.0912. The first-order valence-electron chi connectivity index (χ1n) is 4.15. The normalized spacial score (nSPS) is 11.7. The molecular formula is C9H14N2OS. The maximum Gasteiger partial charge on any atom is 0.254 e. The molecule has 0 unspecified atom stereocenters. The van der Waals surface area contributed by atoms with Crippen LogP contribution >= 0.6 is 12.2 Å². The molecule has 0 aliphatic rings. The Bertz CT molecular complexity index is 422. The van der Waals surface area contributed by atoms with Gasteiger partial charge in [0, 0.05) is 17.3 Å². The number of aromatic nitrogens is 2. The minimum atomic E-state index is -0.106. The summed E-state index contributed by atoms with van der Waals surface area (Å²) in [5.41, 5.74) is 0.487. The number of nitrogens with one attached hydrogen (secondary N) is 1. The third-order valence-corrected chi connectivity index (χ3v) is 2.14. The molecule has 72 valence electrons. The van der Waals surface area contributed by atoms with Gasteiger partial charge in [0.15, 0.2) is 4.77 Å². The first kappa shape index (κ1) is 10.2. The van der Waals surface area contributed by atoms with Crippen molar-refractivity contribution in [2.75, 3.05) is 0 Å². The SMILES string of the molecule is Cc1cn(C(C)(C)C)c(=S)[nH]c1=O. The summed E-state index contributed by atoms with van der Waals surface area (Å²) in [5, 5.41) is 0. The van der Waals surface area contributed by atoms with Crippen LogP contribution in [0.25, 0.3) is 0 Å². The largest absolute Gasteiger partial charge is 0.320 e. The van der Waals surface area contributed by atoms with E-state index in [1.165, 1.54) is 0 Å². The fraction of sp³-hybridized carbons (Fsp3) is 0.556. The van der Waals surface area contributed by atoms with Gasteiger partial charge < -0.3 is 4.57 Å². The van der Waals surface area contributed by atoms with Crippen molar-refractivity contribution in [1.82, 2.24) is 9.55 Å². The van der Waals surface area contributed by atoms with Gasteiger partial charge in [0.2, 0.25) is 0 Å². The molecule has 4 heteroatoms. The van der Waals surface area contributed by atoms with E-state index in [0.29, 0.717) is 10.3 Å². The second kappa shape index (κ2) is 3.10. The first-order chi connectivity index (χ1) is 5.82. The van der Waals surface area contributed by atoms with Crippen molar-refractivity contribution in [2.45, 2.75) is 33.2 Å². The smallest absolute Gasteiger partial charge is 0.254 e. The number of H-pyrrole nitrogens is 1. The average molecular weight is 198 g/mol. The quantitative estimate of drug-likeness (QED) is 0.647. The van der Waals surface area contributed by atoms with Crippen molar-refractivity contribution in [1.29, 1.82) is 0 Å². The highest BCUT2D eigenvalue weighted by molar-refractivity contribution is 7.71. The fourth-order valence-electron chi connectivity index (χ4n) is 1.07. The highest BCUT2D eigenvalue weighted by atomic mass is 32.1. The Kier molecular flexibility index (Phi) is 2.43. The summed E-state index contributed by atoms with van der Waals surface area (Å²) in [6.45, 7) is 7.90. The Labute approximate surface area is 82.4 Å². The van der Waals surface area contributed by atoms with Crippen LogP contribution in [0, 0.1) is 11.7 Å². The van der Waals surface area contributed by atoms with Crippen molar-refractivity contribution >= 4 is 12.2 Å². The van der Waals surface area contributed by atoms with Crippen molar-refractivity contribution in [2.24, 2.45) is 0 Å². The van der Waals surface area contributed by atoms with Gasteiger partial charge in [-0.1, -0.05) is 0 Å². The molecule has 0 spiro atoms. The Balaban J connectivity index is 3.51. The van der Waals surface area contributed by atoms with E-state index in [9.17, 15) is 4.79 Å². The third-order valence-electron chi connectivity index (χ3n) is 1.84. The molecule has 1 rings (SSSR count). The van der Waals surface area contributed by atoms with Gasteiger partial charge in [-0.2, -0.15) is 0 Å². The minimum Gasteiger partial charge on any atom is -0.320 e. The van der Waals surface area contributed by atoms with Gasteiger partial charge in [0.25, 0.3) is 5.56 Å². The van der Waals surface area contributed by atoms with E-state index in [-0.39, 0.29) is 11.1 Å². The predicted molar refractivity (Wildman–Crippen MR) is 55.6 cm³/mol. The monoisotopic (exact) mass is 198 g/mol. The second-order valence-electron chi connectivity index (χ2n) is 4.11. The number of hydrogen-bond donors (Lipinski definition) is 1. The molecule has 1 N–H and O–H groups in total. The van der Waals surface area contributed by atoms with Crippen molar-refractivity contribution < 1.29 is 0 Å². The average Bonchev–Trinajstić information content (AvgIpc) is 1.94.